The second kappa shape index (κ2) is 4.78. The maximum absolute atomic E-state index is 4.05. The quantitative estimate of drug-likeness (QED) is 0.782. The molecule has 3 rings (SSSR count). The molecule has 3 aromatic rings. The van der Waals surface area contributed by atoms with Crippen molar-refractivity contribution in [3.05, 3.63) is 41.5 Å². The number of aryl methyl sites for hydroxylation is 1. The van der Waals surface area contributed by atoms with E-state index in [1.165, 1.54) is 10.9 Å². The fourth-order valence-corrected chi connectivity index (χ4v) is 2.60. The number of aromatic nitrogens is 3. The zero-order valence-corrected chi connectivity index (χ0v) is 10.9. The van der Waals surface area contributed by atoms with E-state index in [1.807, 2.05) is 6.92 Å². The van der Waals surface area contributed by atoms with Crippen LogP contribution in [0.25, 0.3) is 10.9 Å². The Hall–Kier alpha value is -1.88. The van der Waals surface area contributed by atoms with Gasteiger partial charge in [-0.15, -0.1) is 10.2 Å². The van der Waals surface area contributed by atoms with Crippen molar-refractivity contribution < 1.29 is 0 Å². The van der Waals surface area contributed by atoms with E-state index in [2.05, 4.69) is 56.6 Å². The third-order valence-electron chi connectivity index (χ3n) is 2.84. The van der Waals surface area contributed by atoms with Gasteiger partial charge in [0.15, 0.2) is 0 Å². The smallest absolute Gasteiger partial charge is 0.205 e. The molecule has 0 spiro atoms. The predicted octanol–water partition coefficient (Wildman–Crippen LogP) is 2.91. The van der Waals surface area contributed by atoms with Crippen LogP contribution in [-0.4, -0.2) is 21.3 Å². The van der Waals surface area contributed by atoms with E-state index >= 15 is 0 Å². The van der Waals surface area contributed by atoms with Gasteiger partial charge in [0.2, 0.25) is 5.13 Å². The Morgan fingerprint density at radius 2 is 2.11 bits per heavy atom. The lowest BCUT2D eigenvalue weighted by Crippen LogP contribution is -2.09. The minimum atomic E-state index is 0.854. The highest BCUT2D eigenvalue weighted by atomic mass is 32.1. The fraction of sp³-hybridized carbons (Fsp3) is 0.231. The number of hydrogen-bond donors (Lipinski definition) is 1. The highest BCUT2D eigenvalue weighted by Crippen LogP contribution is 2.16. The molecule has 1 aromatic carbocycles. The zero-order chi connectivity index (χ0) is 12.4. The molecule has 92 valence electrons. The van der Waals surface area contributed by atoms with Gasteiger partial charge >= 0.3 is 0 Å². The van der Waals surface area contributed by atoms with E-state index in [0.717, 1.165) is 23.2 Å². The Kier molecular flexibility index (Phi) is 2.98. The minimum Gasteiger partial charge on any atom is -0.358 e. The first-order valence-electron chi connectivity index (χ1n) is 5.91. The topological polar surface area (TPSA) is 42.7 Å². The minimum absolute atomic E-state index is 0.854. The monoisotopic (exact) mass is 258 g/mol. The van der Waals surface area contributed by atoms with Crippen molar-refractivity contribution in [2.75, 3.05) is 11.9 Å². The van der Waals surface area contributed by atoms with Crippen molar-refractivity contribution in [1.82, 2.24) is 14.8 Å². The molecule has 0 aliphatic heterocycles. The number of rotatable bonds is 4. The molecule has 0 atom stereocenters. The summed E-state index contributed by atoms with van der Waals surface area (Å²) in [6, 6.07) is 10.6. The van der Waals surface area contributed by atoms with Crippen molar-refractivity contribution in [3.8, 4) is 0 Å². The number of hydrogen-bond acceptors (Lipinski definition) is 4. The van der Waals surface area contributed by atoms with Crippen LogP contribution < -0.4 is 5.32 Å². The molecule has 2 heterocycles. The Balaban J connectivity index is 1.66. The van der Waals surface area contributed by atoms with Gasteiger partial charge in [0.05, 0.1) is 0 Å². The number of benzene rings is 1. The van der Waals surface area contributed by atoms with E-state index in [4.69, 9.17) is 0 Å². The number of para-hydroxylation sites is 1. The average Bonchev–Trinajstić information content (AvgIpc) is 2.97. The molecule has 0 saturated heterocycles. The summed E-state index contributed by atoms with van der Waals surface area (Å²) in [5.74, 6) is 0. The first-order chi connectivity index (χ1) is 8.83. The molecule has 18 heavy (non-hydrogen) atoms. The summed E-state index contributed by atoms with van der Waals surface area (Å²) in [7, 11) is 0. The lowest BCUT2D eigenvalue weighted by Gasteiger charge is -2.05. The normalized spacial score (nSPS) is 10.9. The van der Waals surface area contributed by atoms with Crippen LogP contribution in [0.15, 0.2) is 36.5 Å². The van der Waals surface area contributed by atoms with Gasteiger partial charge in [0.25, 0.3) is 0 Å². The summed E-state index contributed by atoms with van der Waals surface area (Å²) >= 11 is 1.59. The van der Waals surface area contributed by atoms with Gasteiger partial charge in [0, 0.05) is 24.8 Å². The van der Waals surface area contributed by atoms with Crippen LogP contribution in [0, 0.1) is 6.92 Å². The number of fused-ring (bicyclic) bond motifs is 1. The SMILES string of the molecule is Cc1nnc(NCCn2ccc3ccccc32)s1. The van der Waals surface area contributed by atoms with Crippen LogP contribution in [0.1, 0.15) is 5.01 Å². The van der Waals surface area contributed by atoms with Crippen LogP contribution in [0.2, 0.25) is 0 Å². The van der Waals surface area contributed by atoms with Crippen molar-refractivity contribution >= 4 is 27.4 Å². The standard InChI is InChI=1S/C13H14N4S/c1-10-15-16-13(18-10)14-7-9-17-8-6-11-4-2-3-5-12(11)17/h2-6,8H,7,9H2,1H3,(H,14,16). The second-order valence-electron chi connectivity index (χ2n) is 4.12. The van der Waals surface area contributed by atoms with E-state index in [-0.39, 0.29) is 0 Å². The molecule has 0 radical (unpaired) electrons. The van der Waals surface area contributed by atoms with Crippen molar-refractivity contribution in [2.45, 2.75) is 13.5 Å². The number of nitrogens with zero attached hydrogens (tertiary/aromatic N) is 3. The summed E-state index contributed by atoms with van der Waals surface area (Å²) in [6.45, 7) is 3.74. The lowest BCUT2D eigenvalue weighted by molar-refractivity contribution is 0.755. The third-order valence-corrected chi connectivity index (χ3v) is 3.63. The summed E-state index contributed by atoms with van der Waals surface area (Å²) in [6.07, 6.45) is 2.12. The summed E-state index contributed by atoms with van der Waals surface area (Å²) in [4.78, 5) is 0. The van der Waals surface area contributed by atoms with E-state index < -0.39 is 0 Å². The maximum Gasteiger partial charge on any atom is 0.205 e. The van der Waals surface area contributed by atoms with Crippen molar-refractivity contribution in [3.63, 3.8) is 0 Å². The van der Waals surface area contributed by atoms with E-state index in [1.54, 1.807) is 11.3 Å². The van der Waals surface area contributed by atoms with Crippen LogP contribution in [0.4, 0.5) is 5.13 Å². The molecule has 2 aromatic heterocycles. The van der Waals surface area contributed by atoms with Gasteiger partial charge in [-0.3, -0.25) is 0 Å². The molecular weight excluding hydrogens is 244 g/mol. The highest BCUT2D eigenvalue weighted by Gasteiger charge is 2.01. The lowest BCUT2D eigenvalue weighted by atomic mass is 10.2. The molecule has 0 unspecified atom stereocenters. The molecule has 1 N–H and O–H groups in total. The highest BCUT2D eigenvalue weighted by molar-refractivity contribution is 7.15. The Labute approximate surface area is 109 Å². The molecule has 4 nitrogen and oxygen atoms in total. The van der Waals surface area contributed by atoms with E-state index in [0.29, 0.717) is 0 Å². The van der Waals surface area contributed by atoms with Gasteiger partial charge in [-0.05, 0) is 24.4 Å². The molecule has 0 aliphatic carbocycles. The zero-order valence-electron chi connectivity index (χ0n) is 10.1. The van der Waals surface area contributed by atoms with Gasteiger partial charge in [0.1, 0.15) is 5.01 Å². The van der Waals surface area contributed by atoms with Gasteiger partial charge < -0.3 is 9.88 Å². The maximum atomic E-state index is 4.05. The van der Waals surface area contributed by atoms with Crippen LogP contribution in [-0.2, 0) is 6.54 Å². The van der Waals surface area contributed by atoms with Crippen LogP contribution in [0.5, 0.6) is 0 Å². The Morgan fingerprint density at radius 3 is 2.94 bits per heavy atom. The van der Waals surface area contributed by atoms with E-state index in [9.17, 15) is 0 Å². The second-order valence-corrected chi connectivity index (χ2v) is 5.30. The van der Waals surface area contributed by atoms with Gasteiger partial charge in [-0.2, -0.15) is 0 Å². The van der Waals surface area contributed by atoms with Crippen LogP contribution in [0.3, 0.4) is 0 Å². The molecule has 0 bridgehead atoms. The van der Waals surface area contributed by atoms with Gasteiger partial charge in [-0.1, -0.05) is 29.5 Å². The number of anilines is 1. The number of nitrogens with one attached hydrogen (secondary N) is 1. The third kappa shape index (κ3) is 2.22. The molecule has 0 amide bonds. The Morgan fingerprint density at radius 1 is 1.22 bits per heavy atom. The molecule has 5 heteroatoms. The van der Waals surface area contributed by atoms with Crippen LogP contribution >= 0.6 is 11.3 Å². The largest absolute Gasteiger partial charge is 0.358 e. The van der Waals surface area contributed by atoms with Crippen molar-refractivity contribution in [1.29, 1.82) is 0 Å². The average molecular weight is 258 g/mol. The Bertz CT molecular complexity index is 656. The summed E-state index contributed by atoms with van der Waals surface area (Å²) < 4.78 is 2.25. The summed E-state index contributed by atoms with van der Waals surface area (Å²) in [5, 5.41) is 14.5. The molecular formula is C13H14N4S. The molecule has 0 fully saturated rings. The van der Waals surface area contributed by atoms with Gasteiger partial charge in [-0.25, -0.2) is 0 Å². The first-order valence-corrected chi connectivity index (χ1v) is 6.72. The predicted molar refractivity (Wildman–Crippen MR) is 75.1 cm³/mol. The fourth-order valence-electron chi connectivity index (χ4n) is 1.99. The first kappa shape index (κ1) is 11.2. The summed E-state index contributed by atoms with van der Waals surface area (Å²) in [5.41, 5.74) is 1.27. The molecule has 0 aliphatic rings. The van der Waals surface area contributed by atoms with Crippen molar-refractivity contribution in [2.24, 2.45) is 0 Å². The molecule has 0 saturated carbocycles.